The minimum Gasteiger partial charge on any atom is -0.481 e. The first-order valence-electron chi connectivity index (χ1n) is 9.64. The molecule has 160 valence electrons. The van der Waals surface area contributed by atoms with Crippen molar-refractivity contribution in [3.05, 3.63) is 36.0 Å². The minimum absolute atomic E-state index is 0.108. The van der Waals surface area contributed by atoms with E-state index in [1.807, 2.05) is 24.3 Å². The van der Waals surface area contributed by atoms with E-state index in [0.717, 1.165) is 16.5 Å². The molecule has 0 unspecified atom stereocenters. The number of hydrogen-bond donors (Lipinski definition) is 5. The Morgan fingerprint density at radius 1 is 1.23 bits per heavy atom. The molecule has 10 nitrogen and oxygen atoms in total. The average Bonchev–Trinajstić information content (AvgIpc) is 3.34. The molecule has 2 amide bonds. The Hall–Kier alpha value is -3.40. The number of carboxylic acids is 2. The average molecular weight is 416 g/mol. The fourth-order valence-corrected chi connectivity index (χ4v) is 3.77. The zero-order valence-corrected chi connectivity index (χ0v) is 16.2. The van der Waals surface area contributed by atoms with Gasteiger partial charge in [-0.3, -0.25) is 14.4 Å². The lowest BCUT2D eigenvalue weighted by molar-refractivity contribution is -0.149. The van der Waals surface area contributed by atoms with E-state index >= 15 is 0 Å². The largest absolute Gasteiger partial charge is 0.481 e. The van der Waals surface area contributed by atoms with Crippen molar-refractivity contribution in [1.29, 1.82) is 0 Å². The van der Waals surface area contributed by atoms with E-state index in [-0.39, 0.29) is 13.0 Å². The Morgan fingerprint density at radius 3 is 2.67 bits per heavy atom. The standard InChI is InChI=1S/C20H24N4O6/c21-13(9-17(25)26)18(27)23-15(19(28)24-7-3-6-16(24)20(29)30)8-11-10-22-14-5-2-1-4-12(11)14/h1-2,4-5,10,13,15-16,22H,3,6-9,21H2,(H,23,27)(H,25,26)(H,29,30)/t13-,15-,16-/m0/s1. The topological polar surface area (TPSA) is 166 Å². The third-order valence-corrected chi connectivity index (χ3v) is 5.27. The van der Waals surface area contributed by atoms with Crippen LogP contribution in [0.1, 0.15) is 24.8 Å². The van der Waals surface area contributed by atoms with Gasteiger partial charge in [0.25, 0.3) is 0 Å². The lowest BCUT2D eigenvalue weighted by Crippen LogP contribution is -2.55. The number of benzene rings is 1. The molecule has 0 bridgehead atoms. The van der Waals surface area contributed by atoms with Gasteiger partial charge in [-0.2, -0.15) is 0 Å². The maximum absolute atomic E-state index is 13.2. The number of aromatic nitrogens is 1. The highest BCUT2D eigenvalue weighted by molar-refractivity contribution is 5.94. The number of H-pyrrole nitrogens is 1. The van der Waals surface area contributed by atoms with E-state index in [0.29, 0.717) is 12.8 Å². The van der Waals surface area contributed by atoms with Crippen LogP contribution in [-0.2, 0) is 25.6 Å². The van der Waals surface area contributed by atoms with E-state index in [1.54, 1.807) is 6.20 Å². The number of nitrogens with two attached hydrogens (primary N) is 1. The van der Waals surface area contributed by atoms with Crippen molar-refractivity contribution < 1.29 is 29.4 Å². The molecule has 1 saturated heterocycles. The number of nitrogens with zero attached hydrogens (tertiary/aromatic N) is 1. The first-order valence-corrected chi connectivity index (χ1v) is 9.64. The third kappa shape index (κ3) is 4.60. The first-order chi connectivity index (χ1) is 14.3. The predicted octanol–water partition coefficient (Wildman–Crippen LogP) is 0.0728. The minimum atomic E-state index is -1.32. The van der Waals surface area contributed by atoms with Crippen LogP contribution in [0.25, 0.3) is 10.9 Å². The fraction of sp³-hybridized carbons (Fsp3) is 0.400. The van der Waals surface area contributed by atoms with Crippen molar-refractivity contribution in [1.82, 2.24) is 15.2 Å². The zero-order valence-electron chi connectivity index (χ0n) is 16.2. The van der Waals surface area contributed by atoms with Crippen LogP contribution in [0.15, 0.2) is 30.5 Å². The van der Waals surface area contributed by atoms with Gasteiger partial charge < -0.3 is 31.1 Å². The highest BCUT2D eigenvalue weighted by atomic mass is 16.4. The Bertz CT molecular complexity index is 971. The molecule has 1 aromatic heterocycles. The number of carboxylic acid groups (broad SMARTS) is 2. The van der Waals surface area contributed by atoms with Gasteiger partial charge in [-0.1, -0.05) is 18.2 Å². The molecule has 0 radical (unpaired) electrons. The van der Waals surface area contributed by atoms with Gasteiger partial charge in [0.1, 0.15) is 12.1 Å². The van der Waals surface area contributed by atoms with E-state index < -0.39 is 48.3 Å². The Labute approximate surface area is 172 Å². The molecule has 1 aliphatic rings. The summed E-state index contributed by atoms with van der Waals surface area (Å²) >= 11 is 0. The Kier molecular flexibility index (Phi) is 6.36. The second-order valence-corrected chi connectivity index (χ2v) is 7.36. The number of carbonyl (C=O) groups is 4. The van der Waals surface area contributed by atoms with Crippen molar-refractivity contribution in [2.24, 2.45) is 5.73 Å². The first kappa shape index (κ1) is 21.3. The van der Waals surface area contributed by atoms with Crippen LogP contribution in [0.4, 0.5) is 0 Å². The number of amides is 2. The second kappa shape index (κ2) is 8.95. The molecule has 3 atom stereocenters. The molecular weight excluding hydrogens is 392 g/mol. The van der Waals surface area contributed by atoms with Gasteiger partial charge in [-0.25, -0.2) is 4.79 Å². The number of fused-ring (bicyclic) bond motifs is 1. The van der Waals surface area contributed by atoms with E-state index in [9.17, 15) is 24.3 Å². The van der Waals surface area contributed by atoms with Crippen molar-refractivity contribution in [3.8, 4) is 0 Å². The van der Waals surface area contributed by atoms with Gasteiger partial charge in [-0.05, 0) is 24.5 Å². The van der Waals surface area contributed by atoms with Gasteiger partial charge in [0.15, 0.2) is 0 Å². The monoisotopic (exact) mass is 416 g/mol. The summed E-state index contributed by atoms with van der Waals surface area (Å²) in [5.41, 5.74) is 7.27. The molecular formula is C20H24N4O6. The van der Waals surface area contributed by atoms with Crippen LogP contribution in [0, 0.1) is 0 Å². The smallest absolute Gasteiger partial charge is 0.326 e. The van der Waals surface area contributed by atoms with Crippen LogP contribution in [-0.4, -0.2) is 68.5 Å². The molecule has 6 N–H and O–H groups in total. The Balaban J connectivity index is 1.86. The van der Waals surface area contributed by atoms with Crippen molar-refractivity contribution >= 4 is 34.7 Å². The molecule has 10 heteroatoms. The quantitative estimate of drug-likeness (QED) is 0.406. The van der Waals surface area contributed by atoms with Gasteiger partial charge >= 0.3 is 11.9 Å². The molecule has 1 aromatic carbocycles. The molecule has 1 aliphatic heterocycles. The predicted molar refractivity (Wildman–Crippen MR) is 107 cm³/mol. The molecule has 2 heterocycles. The van der Waals surface area contributed by atoms with Crippen molar-refractivity contribution in [2.45, 2.75) is 43.8 Å². The summed E-state index contributed by atoms with van der Waals surface area (Å²) in [6.07, 6.45) is 2.15. The number of nitrogens with one attached hydrogen (secondary N) is 2. The van der Waals surface area contributed by atoms with Crippen LogP contribution in [0.2, 0.25) is 0 Å². The highest BCUT2D eigenvalue weighted by Crippen LogP contribution is 2.22. The summed E-state index contributed by atoms with van der Waals surface area (Å²) in [5, 5.41) is 21.7. The van der Waals surface area contributed by atoms with Gasteiger partial charge in [0, 0.05) is 30.1 Å². The summed E-state index contributed by atoms with van der Waals surface area (Å²) in [7, 11) is 0. The molecule has 0 aliphatic carbocycles. The number of rotatable bonds is 8. The summed E-state index contributed by atoms with van der Waals surface area (Å²) in [4.78, 5) is 52.3. The van der Waals surface area contributed by atoms with E-state index in [4.69, 9.17) is 10.8 Å². The van der Waals surface area contributed by atoms with Crippen molar-refractivity contribution in [3.63, 3.8) is 0 Å². The number of likely N-dealkylation sites (tertiary alicyclic amines) is 1. The summed E-state index contributed by atoms with van der Waals surface area (Å²) in [6.45, 7) is 0.275. The normalized spacial score (nSPS) is 18.2. The van der Waals surface area contributed by atoms with Gasteiger partial charge in [-0.15, -0.1) is 0 Å². The van der Waals surface area contributed by atoms with Gasteiger partial charge in [0.05, 0.1) is 12.5 Å². The van der Waals surface area contributed by atoms with Gasteiger partial charge in [0.2, 0.25) is 11.8 Å². The fourth-order valence-electron chi connectivity index (χ4n) is 3.77. The molecule has 1 fully saturated rings. The summed E-state index contributed by atoms with van der Waals surface area (Å²) in [5.74, 6) is -3.63. The van der Waals surface area contributed by atoms with Crippen LogP contribution >= 0.6 is 0 Å². The highest BCUT2D eigenvalue weighted by Gasteiger charge is 2.38. The van der Waals surface area contributed by atoms with Crippen LogP contribution < -0.4 is 11.1 Å². The summed E-state index contributed by atoms with van der Waals surface area (Å²) < 4.78 is 0. The number of para-hydroxylation sites is 1. The second-order valence-electron chi connectivity index (χ2n) is 7.36. The summed E-state index contributed by atoms with van der Waals surface area (Å²) in [6, 6.07) is 4.10. The number of hydrogen-bond acceptors (Lipinski definition) is 5. The maximum Gasteiger partial charge on any atom is 0.326 e. The Morgan fingerprint density at radius 2 is 1.97 bits per heavy atom. The lowest BCUT2D eigenvalue weighted by atomic mass is 10.0. The number of aliphatic carboxylic acids is 2. The molecule has 0 spiro atoms. The van der Waals surface area contributed by atoms with E-state index in [1.165, 1.54) is 4.90 Å². The molecule has 0 saturated carbocycles. The van der Waals surface area contributed by atoms with E-state index in [2.05, 4.69) is 10.3 Å². The zero-order chi connectivity index (χ0) is 21.8. The third-order valence-electron chi connectivity index (χ3n) is 5.27. The SMILES string of the molecule is N[C@@H](CC(=O)O)C(=O)N[C@@H](Cc1c[nH]c2ccccc12)C(=O)N1CCC[C@H]1C(=O)O. The van der Waals surface area contributed by atoms with Crippen LogP contribution in [0.5, 0.6) is 0 Å². The molecule has 2 aromatic rings. The van der Waals surface area contributed by atoms with Crippen molar-refractivity contribution in [2.75, 3.05) is 6.54 Å². The number of carbonyl (C=O) groups excluding carboxylic acids is 2. The molecule has 3 rings (SSSR count). The lowest BCUT2D eigenvalue weighted by Gasteiger charge is -2.28. The number of aromatic amines is 1. The van der Waals surface area contributed by atoms with Crippen LogP contribution in [0.3, 0.4) is 0 Å². The molecule has 30 heavy (non-hydrogen) atoms. The maximum atomic E-state index is 13.2.